The van der Waals surface area contributed by atoms with E-state index < -0.39 is 0 Å². The quantitative estimate of drug-likeness (QED) is 0.686. The van der Waals surface area contributed by atoms with Crippen molar-refractivity contribution in [2.75, 3.05) is 13.1 Å². The van der Waals surface area contributed by atoms with Gasteiger partial charge in [0.05, 0.1) is 0 Å². The molecule has 1 atom stereocenters. The number of piperidine rings is 1. The van der Waals surface area contributed by atoms with Gasteiger partial charge >= 0.3 is 0 Å². The van der Waals surface area contributed by atoms with E-state index in [1.54, 1.807) is 0 Å². The summed E-state index contributed by atoms with van der Waals surface area (Å²) in [5, 5.41) is 12.1. The van der Waals surface area contributed by atoms with Crippen LogP contribution in [0, 0.1) is 12.8 Å². The Hall–Kier alpha value is -1.59. The van der Waals surface area contributed by atoms with E-state index in [1.807, 2.05) is 18.5 Å². The fourth-order valence-corrected chi connectivity index (χ4v) is 3.61. The number of nitrogens with one attached hydrogen (secondary N) is 1. The maximum absolute atomic E-state index is 4.90. The number of guanidine groups is 1. The van der Waals surface area contributed by atoms with Gasteiger partial charge in [0.25, 0.3) is 0 Å². The average Bonchev–Trinajstić information content (AvgIpc) is 3.16. The summed E-state index contributed by atoms with van der Waals surface area (Å²) in [7, 11) is 2.01. The van der Waals surface area contributed by atoms with E-state index in [-0.39, 0.29) is 0 Å². The van der Waals surface area contributed by atoms with Crippen LogP contribution in [0.2, 0.25) is 0 Å². The number of nitrogens with zero attached hydrogens (tertiary/aromatic N) is 5. The van der Waals surface area contributed by atoms with Gasteiger partial charge in [-0.25, -0.2) is 4.99 Å². The third-order valence-electron chi connectivity index (χ3n) is 5.20. The molecule has 0 aromatic carbocycles. The maximum Gasteiger partial charge on any atom is 0.194 e. The lowest BCUT2D eigenvalue weighted by atomic mass is 10.0. The first-order chi connectivity index (χ1) is 11.1. The highest BCUT2D eigenvalue weighted by atomic mass is 15.3. The van der Waals surface area contributed by atoms with E-state index in [0.29, 0.717) is 12.6 Å². The molecule has 1 saturated heterocycles. The lowest BCUT2D eigenvalue weighted by molar-refractivity contribution is 0.263. The van der Waals surface area contributed by atoms with Crippen molar-refractivity contribution in [2.45, 2.75) is 65.0 Å². The van der Waals surface area contributed by atoms with Crippen molar-refractivity contribution in [1.29, 1.82) is 0 Å². The molecule has 1 N–H and O–H groups in total. The Kier molecular flexibility index (Phi) is 5.18. The Bertz CT molecular complexity index is 543. The summed E-state index contributed by atoms with van der Waals surface area (Å²) in [6.07, 6.45) is 7.80. The molecule has 0 amide bonds. The summed E-state index contributed by atoms with van der Waals surface area (Å²) in [4.78, 5) is 7.34. The van der Waals surface area contributed by atoms with Gasteiger partial charge in [-0.3, -0.25) is 0 Å². The summed E-state index contributed by atoms with van der Waals surface area (Å²) in [5.74, 6) is 3.69. The molecule has 3 rings (SSSR count). The molecule has 0 radical (unpaired) electrons. The van der Waals surface area contributed by atoms with Crippen LogP contribution in [0.25, 0.3) is 0 Å². The number of aliphatic imine (C=N–C) groups is 1. The van der Waals surface area contributed by atoms with Crippen molar-refractivity contribution in [3.8, 4) is 0 Å². The van der Waals surface area contributed by atoms with Crippen molar-refractivity contribution in [3.05, 3.63) is 11.6 Å². The monoisotopic (exact) mass is 318 g/mol. The van der Waals surface area contributed by atoms with Gasteiger partial charge in [-0.1, -0.05) is 19.8 Å². The molecule has 1 aromatic rings. The van der Waals surface area contributed by atoms with Gasteiger partial charge in [0.1, 0.15) is 12.4 Å². The number of likely N-dealkylation sites (tertiary alicyclic amines) is 1. The van der Waals surface area contributed by atoms with Gasteiger partial charge in [-0.2, -0.15) is 0 Å². The van der Waals surface area contributed by atoms with Crippen molar-refractivity contribution >= 4 is 5.96 Å². The van der Waals surface area contributed by atoms with Gasteiger partial charge in [0.2, 0.25) is 0 Å². The van der Waals surface area contributed by atoms with Gasteiger partial charge in [-0.15, -0.1) is 10.2 Å². The highest BCUT2D eigenvalue weighted by molar-refractivity contribution is 5.80. The molecule has 0 spiro atoms. The second-order valence-electron chi connectivity index (χ2n) is 7.18. The predicted molar refractivity (Wildman–Crippen MR) is 92.2 cm³/mol. The van der Waals surface area contributed by atoms with E-state index in [4.69, 9.17) is 4.99 Å². The zero-order valence-electron chi connectivity index (χ0n) is 14.8. The second-order valence-corrected chi connectivity index (χ2v) is 7.18. The van der Waals surface area contributed by atoms with Crippen LogP contribution in [-0.2, 0) is 13.6 Å². The summed E-state index contributed by atoms with van der Waals surface area (Å²) < 4.78 is 2.02. The summed E-state index contributed by atoms with van der Waals surface area (Å²) in [5.41, 5.74) is 0. The summed E-state index contributed by atoms with van der Waals surface area (Å²) >= 11 is 0. The van der Waals surface area contributed by atoms with E-state index in [2.05, 4.69) is 27.3 Å². The average molecular weight is 318 g/mol. The summed E-state index contributed by atoms with van der Waals surface area (Å²) in [6, 6.07) is 0.590. The standard InChI is InChI=1S/C17H30N6/c1-13-7-6-10-23(12-13)17(19-15-8-4-5-9-15)18-11-16-21-20-14(2)22(16)3/h13,15H,4-12H2,1-3H3,(H,18,19). The minimum atomic E-state index is 0.590. The Labute approximate surface area is 139 Å². The number of hydrogen-bond acceptors (Lipinski definition) is 3. The largest absolute Gasteiger partial charge is 0.353 e. The van der Waals surface area contributed by atoms with Gasteiger partial charge in [-0.05, 0) is 38.5 Å². The first-order valence-electron chi connectivity index (χ1n) is 9.04. The van der Waals surface area contributed by atoms with Crippen LogP contribution in [0.1, 0.15) is 57.1 Å². The molecule has 1 aliphatic carbocycles. The molecule has 23 heavy (non-hydrogen) atoms. The molecule has 6 nitrogen and oxygen atoms in total. The van der Waals surface area contributed by atoms with E-state index in [1.165, 1.54) is 38.5 Å². The lowest BCUT2D eigenvalue weighted by Crippen LogP contribution is -2.49. The number of aromatic nitrogens is 3. The third kappa shape index (κ3) is 4.03. The molecule has 1 aliphatic heterocycles. The van der Waals surface area contributed by atoms with E-state index >= 15 is 0 Å². The van der Waals surface area contributed by atoms with Crippen LogP contribution >= 0.6 is 0 Å². The molecular weight excluding hydrogens is 288 g/mol. The predicted octanol–water partition coefficient (Wildman–Crippen LogP) is 2.24. The second kappa shape index (κ2) is 7.32. The Morgan fingerprint density at radius 2 is 2.00 bits per heavy atom. The molecule has 2 aliphatic rings. The van der Waals surface area contributed by atoms with Crippen molar-refractivity contribution in [1.82, 2.24) is 25.0 Å². The van der Waals surface area contributed by atoms with Crippen LogP contribution in [0.5, 0.6) is 0 Å². The van der Waals surface area contributed by atoms with Crippen LogP contribution in [0.3, 0.4) is 0 Å². The number of hydrogen-bond donors (Lipinski definition) is 1. The minimum Gasteiger partial charge on any atom is -0.353 e. The fraction of sp³-hybridized carbons (Fsp3) is 0.824. The van der Waals surface area contributed by atoms with Crippen LogP contribution in [-0.4, -0.2) is 44.8 Å². The zero-order valence-corrected chi connectivity index (χ0v) is 14.8. The molecule has 2 heterocycles. The van der Waals surface area contributed by atoms with Gasteiger partial charge in [0, 0.05) is 26.2 Å². The Morgan fingerprint density at radius 3 is 2.65 bits per heavy atom. The lowest BCUT2D eigenvalue weighted by Gasteiger charge is -2.34. The van der Waals surface area contributed by atoms with Gasteiger partial charge < -0.3 is 14.8 Å². The molecule has 128 valence electrons. The normalized spacial score (nSPS) is 23.5. The Morgan fingerprint density at radius 1 is 1.22 bits per heavy atom. The fourth-order valence-electron chi connectivity index (χ4n) is 3.61. The van der Waals surface area contributed by atoms with Crippen molar-refractivity contribution in [3.63, 3.8) is 0 Å². The van der Waals surface area contributed by atoms with Crippen molar-refractivity contribution < 1.29 is 0 Å². The first kappa shape index (κ1) is 16.3. The number of aryl methyl sites for hydroxylation is 1. The molecule has 1 unspecified atom stereocenters. The van der Waals surface area contributed by atoms with E-state index in [0.717, 1.165) is 36.6 Å². The SMILES string of the molecule is Cc1nnc(CN=C(NC2CCCC2)N2CCCC(C)C2)n1C. The zero-order chi connectivity index (χ0) is 16.2. The maximum atomic E-state index is 4.90. The Balaban J connectivity index is 1.72. The smallest absolute Gasteiger partial charge is 0.194 e. The molecule has 1 aromatic heterocycles. The van der Waals surface area contributed by atoms with Crippen LogP contribution in [0.15, 0.2) is 4.99 Å². The topological polar surface area (TPSA) is 58.3 Å². The molecule has 6 heteroatoms. The highest BCUT2D eigenvalue weighted by Crippen LogP contribution is 2.20. The summed E-state index contributed by atoms with van der Waals surface area (Å²) in [6.45, 7) is 7.13. The highest BCUT2D eigenvalue weighted by Gasteiger charge is 2.23. The van der Waals surface area contributed by atoms with Crippen LogP contribution in [0.4, 0.5) is 0 Å². The molecule has 2 fully saturated rings. The van der Waals surface area contributed by atoms with Crippen molar-refractivity contribution in [2.24, 2.45) is 18.0 Å². The number of rotatable bonds is 3. The first-order valence-corrected chi connectivity index (χ1v) is 9.04. The molecular formula is C17H30N6. The van der Waals surface area contributed by atoms with Crippen LogP contribution < -0.4 is 5.32 Å². The van der Waals surface area contributed by atoms with Gasteiger partial charge in [0.15, 0.2) is 11.8 Å². The third-order valence-corrected chi connectivity index (χ3v) is 5.20. The molecule has 1 saturated carbocycles. The minimum absolute atomic E-state index is 0.590. The van der Waals surface area contributed by atoms with E-state index in [9.17, 15) is 0 Å². The molecule has 0 bridgehead atoms.